The first-order valence-corrected chi connectivity index (χ1v) is 7.89. The average molecular weight is 291 g/mol. The summed E-state index contributed by atoms with van der Waals surface area (Å²) in [5.74, 6) is 0. The fourth-order valence-electron chi connectivity index (χ4n) is 1.20. The monoisotopic (exact) mass is 291 g/mol. The van der Waals surface area contributed by atoms with Crippen molar-refractivity contribution in [3.05, 3.63) is 40.3 Å². The zero-order chi connectivity index (χ0) is 14.1. The summed E-state index contributed by atoms with van der Waals surface area (Å²) in [5.41, 5.74) is -0.794. The Hall–Kier alpha value is -1.74. The molecule has 0 spiro atoms. The fraction of sp³-hybridized carbons (Fsp3) is 0.111. The number of sulfone groups is 2. The van der Waals surface area contributed by atoms with Gasteiger partial charge in [-0.05, 0) is 12.1 Å². The number of nitrogens with zero attached hydrogens (tertiary/aromatic N) is 1. The van der Waals surface area contributed by atoms with Crippen LogP contribution in [0, 0.1) is 10.1 Å². The van der Waals surface area contributed by atoms with Gasteiger partial charge in [0.1, 0.15) is 4.90 Å². The Balaban J connectivity index is 3.70. The van der Waals surface area contributed by atoms with E-state index in [0.29, 0.717) is 11.5 Å². The lowest BCUT2D eigenvalue weighted by Gasteiger charge is -2.03. The molecule has 98 valence electrons. The van der Waals surface area contributed by atoms with Gasteiger partial charge in [-0.1, -0.05) is 6.58 Å². The molecule has 0 atom stereocenters. The summed E-state index contributed by atoms with van der Waals surface area (Å²) in [4.78, 5) is 8.91. The van der Waals surface area contributed by atoms with E-state index < -0.39 is 35.2 Å². The van der Waals surface area contributed by atoms with Crippen molar-refractivity contribution in [2.45, 2.75) is 9.79 Å². The van der Waals surface area contributed by atoms with Crippen LogP contribution in [-0.2, 0) is 19.7 Å². The fourth-order valence-corrected chi connectivity index (χ4v) is 2.70. The van der Waals surface area contributed by atoms with Crippen molar-refractivity contribution >= 4 is 25.4 Å². The molecule has 0 aliphatic heterocycles. The Labute approximate surface area is 104 Å². The predicted molar refractivity (Wildman–Crippen MR) is 63.6 cm³/mol. The standard InChI is InChI=1S/C9H9NO6S2/c1-3-18(15,16)9-5-4-7(17(2,13)14)6-8(9)10(11)12/h3-6H,1H2,2H3. The van der Waals surface area contributed by atoms with Crippen LogP contribution in [-0.4, -0.2) is 28.0 Å². The molecule has 0 bridgehead atoms. The number of rotatable bonds is 4. The van der Waals surface area contributed by atoms with E-state index in [1.807, 2.05) is 0 Å². The highest BCUT2D eigenvalue weighted by Crippen LogP contribution is 2.28. The first kappa shape index (κ1) is 14.3. The Morgan fingerprint density at radius 3 is 2.22 bits per heavy atom. The Morgan fingerprint density at radius 1 is 1.28 bits per heavy atom. The number of nitro groups is 1. The van der Waals surface area contributed by atoms with Crippen molar-refractivity contribution in [3.8, 4) is 0 Å². The first-order chi connectivity index (χ1) is 8.09. The lowest BCUT2D eigenvalue weighted by Crippen LogP contribution is -2.04. The van der Waals surface area contributed by atoms with Gasteiger partial charge < -0.3 is 0 Å². The van der Waals surface area contributed by atoms with Crippen LogP contribution in [0.2, 0.25) is 0 Å². The van der Waals surface area contributed by atoms with Crippen molar-refractivity contribution in [2.75, 3.05) is 6.26 Å². The van der Waals surface area contributed by atoms with Gasteiger partial charge in [-0.25, -0.2) is 16.8 Å². The topological polar surface area (TPSA) is 111 Å². The minimum absolute atomic E-state index is 0.322. The molecular weight excluding hydrogens is 282 g/mol. The zero-order valence-corrected chi connectivity index (χ0v) is 10.9. The third-order valence-corrected chi connectivity index (χ3v) is 4.59. The Bertz CT molecular complexity index is 717. The molecule has 9 heteroatoms. The van der Waals surface area contributed by atoms with E-state index in [1.165, 1.54) is 0 Å². The van der Waals surface area contributed by atoms with Crippen LogP contribution in [0.3, 0.4) is 0 Å². The second-order valence-corrected chi connectivity index (χ2v) is 7.25. The molecule has 0 aromatic heterocycles. The first-order valence-electron chi connectivity index (χ1n) is 4.45. The maximum absolute atomic E-state index is 11.5. The Kier molecular flexibility index (Phi) is 3.58. The van der Waals surface area contributed by atoms with Crippen molar-refractivity contribution in [1.82, 2.24) is 0 Å². The molecule has 0 unspecified atom stereocenters. The van der Waals surface area contributed by atoms with Crippen LogP contribution in [0.1, 0.15) is 0 Å². The summed E-state index contributed by atoms with van der Waals surface area (Å²) >= 11 is 0. The molecule has 1 aromatic rings. The van der Waals surface area contributed by atoms with Gasteiger partial charge in [-0.2, -0.15) is 0 Å². The highest BCUT2D eigenvalue weighted by atomic mass is 32.2. The third kappa shape index (κ3) is 2.74. The van der Waals surface area contributed by atoms with E-state index in [9.17, 15) is 26.9 Å². The smallest absolute Gasteiger partial charge is 0.258 e. The molecule has 0 aliphatic rings. The molecular formula is C9H9NO6S2. The van der Waals surface area contributed by atoms with Gasteiger partial charge in [-0.3, -0.25) is 10.1 Å². The molecule has 1 rings (SSSR count). The minimum atomic E-state index is -4.01. The number of hydrogen-bond acceptors (Lipinski definition) is 6. The Morgan fingerprint density at radius 2 is 1.83 bits per heavy atom. The molecule has 0 N–H and O–H groups in total. The van der Waals surface area contributed by atoms with E-state index in [0.717, 1.165) is 18.4 Å². The highest BCUT2D eigenvalue weighted by molar-refractivity contribution is 7.94. The summed E-state index contributed by atoms with van der Waals surface area (Å²) in [5, 5.41) is 11.3. The highest BCUT2D eigenvalue weighted by Gasteiger charge is 2.25. The molecule has 0 fully saturated rings. The lowest BCUT2D eigenvalue weighted by molar-refractivity contribution is -0.388. The van der Waals surface area contributed by atoms with E-state index in [1.54, 1.807) is 0 Å². The summed E-state index contributed by atoms with van der Waals surface area (Å²) in [6.07, 6.45) is 0.869. The van der Waals surface area contributed by atoms with E-state index in [-0.39, 0.29) is 4.90 Å². The predicted octanol–water partition coefficient (Wildman–Crippen LogP) is 0.915. The number of hydrogen-bond donors (Lipinski definition) is 0. The molecule has 18 heavy (non-hydrogen) atoms. The second-order valence-electron chi connectivity index (χ2n) is 3.37. The zero-order valence-electron chi connectivity index (χ0n) is 9.23. The van der Waals surface area contributed by atoms with E-state index in [2.05, 4.69) is 6.58 Å². The molecule has 0 saturated heterocycles. The molecule has 0 amide bonds. The number of benzene rings is 1. The van der Waals surface area contributed by atoms with Crippen molar-refractivity contribution in [2.24, 2.45) is 0 Å². The van der Waals surface area contributed by atoms with Gasteiger partial charge in [0.15, 0.2) is 9.84 Å². The maximum Gasteiger partial charge on any atom is 0.289 e. The summed E-state index contributed by atoms with van der Waals surface area (Å²) in [7, 11) is -7.66. The SMILES string of the molecule is C=CS(=O)(=O)c1ccc(S(C)(=O)=O)cc1[N+](=O)[O-]. The normalized spacial score (nSPS) is 12.1. The van der Waals surface area contributed by atoms with Gasteiger partial charge >= 0.3 is 0 Å². The van der Waals surface area contributed by atoms with Gasteiger partial charge in [0.25, 0.3) is 5.69 Å². The molecule has 0 saturated carbocycles. The van der Waals surface area contributed by atoms with Crippen LogP contribution in [0.15, 0.2) is 40.0 Å². The van der Waals surface area contributed by atoms with Crippen LogP contribution in [0.5, 0.6) is 0 Å². The van der Waals surface area contributed by atoms with Gasteiger partial charge in [0, 0.05) is 17.7 Å². The van der Waals surface area contributed by atoms with Crippen molar-refractivity contribution < 1.29 is 21.8 Å². The molecule has 7 nitrogen and oxygen atoms in total. The maximum atomic E-state index is 11.5. The molecule has 0 radical (unpaired) electrons. The number of nitro benzene ring substituents is 1. The molecule has 0 aliphatic carbocycles. The minimum Gasteiger partial charge on any atom is -0.258 e. The van der Waals surface area contributed by atoms with E-state index in [4.69, 9.17) is 0 Å². The van der Waals surface area contributed by atoms with Crippen LogP contribution < -0.4 is 0 Å². The summed E-state index contributed by atoms with van der Waals surface area (Å²) in [6, 6.07) is 2.59. The largest absolute Gasteiger partial charge is 0.289 e. The van der Waals surface area contributed by atoms with Gasteiger partial charge in [0.05, 0.1) is 9.82 Å². The lowest BCUT2D eigenvalue weighted by atomic mass is 10.3. The van der Waals surface area contributed by atoms with Crippen LogP contribution in [0.4, 0.5) is 5.69 Å². The van der Waals surface area contributed by atoms with Gasteiger partial charge in [0.2, 0.25) is 9.84 Å². The van der Waals surface area contributed by atoms with Crippen LogP contribution in [0.25, 0.3) is 0 Å². The van der Waals surface area contributed by atoms with E-state index >= 15 is 0 Å². The van der Waals surface area contributed by atoms with Crippen molar-refractivity contribution in [1.29, 1.82) is 0 Å². The summed E-state index contributed by atoms with van der Waals surface area (Å²) in [6.45, 7) is 3.05. The third-order valence-electron chi connectivity index (χ3n) is 2.08. The second kappa shape index (κ2) is 4.50. The van der Waals surface area contributed by atoms with Crippen molar-refractivity contribution in [3.63, 3.8) is 0 Å². The summed E-state index contributed by atoms with van der Waals surface area (Å²) < 4.78 is 45.5. The molecule has 1 aromatic carbocycles. The van der Waals surface area contributed by atoms with Crippen LogP contribution >= 0.6 is 0 Å². The van der Waals surface area contributed by atoms with Gasteiger partial charge in [-0.15, -0.1) is 0 Å². The average Bonchev–Trinajstić information content (AvgIpc) is 2.27. The molecule has 0 heterocycles. The quantitative estimate of drug-likeness (QED) is 0.602.